The Bertz CT molecular complexity index is 670. The molecular formula is C30H56Cl2Si2. The zero-order chi connectivity index (χ0) is 25.5. The molecule has 0 saturated heterocycles. The Kier molecular flexibility index (Phi) is 16.7. The van der Waals surface area contributed by atoms with Crippen LogP contribution in [0.1, 0.15) is 115 Å². The van der Waals surface area contributed by atoms with Crippen LogP contribution in [0, 0.1) is 0 Å². The van der Waals surface area contributed by atoms with E-state index in [2.05, 4.69) is 52.2 Å². The molecule has 0 radical (unpaired) electrons. The van der Waals surface area contributed by atoms with Gasteiger partial charge in [-0.3, -0.25) is 0 Å². The van der Waals surface area contributed by atoms with E-state index in [1.807, 2.05) is 0 Å². The molecule has 0 aliphatic heterocycles. The number of alkyl halides is 2. The van der Waals surface area contributed by atoms with Crippen LogP contribution in [-0.4, -0.2) is 16.1 Å². The first-order valence-electron chi connectivity index (χ1n) is 14.5. The van der Waals surface area contributed by atoms with Crippen LogP contribution in [0.25, 0.3) is 0 Å². The number of benzene rings is 1. The van der Waals surface area contributed by atoms with Crippen LogP contribution in [-0.2, 0) is 11.8 Å². The molecule has 1 aromatic rings. The van der Waals surface area contributed by atoms with Crippen molar-refractivity contribution >= 4 is 49.7 Å². The predicted octanol–water partition coefficient (Wildman–Crippen LogP) is 10.5. The second-order valence-electron chi connectivity index (χ2n) is 11.9. The molecule has 0 bridgehead atoms. The van der Waals surface area contributed by atoms with Gasteiger partial charge in [0.1, 0.15) is 0 Å². The summed E-state index contributed by atoms with van der Waals surface area (Å²) in [5.41, 5.74) is 2.81. The molecule has 0 heterocycles. The molecule has 0 N–H and O–H groups in total. The van der Waals surface area contributed by atoms with Crippen LogP contribution < -0.4 is 10.4 Å². The Morgan fingerprint density at radius 3 is 1.09 bits per heavy atom. The molecule has 0 saturated carbocycles. The van der Waals surface area contributed by atoms with Gasteiger partial charge in [-0.25, -0.2) is 0 Å². The minimum absolute atomic E-state index is 0.639. The number of unbranched alkanes of at least 4 members (excludes halogenated alkanes) is 12. The van der Waals surface area contributed by atoms with Gasteiger partial charge in [-0.15, -0.1) is 23.2 Å². The van der Waals surface area contributed by atoms with Crippen molar-refractivity contribution in [3.05, 3.63) is 23.3 Å². The predicted molar refractivity (Wildman–Crippen MR) is 165 cm³/mol. The van der Waals surface area contributed by atoms with E-state index >= 15 is 0 Å². The molecule has 4 heteroatoms. The summed E-state index contributed by atoms with van der Waals surface area (Å²) < 4.78 is 0. The third kappa shape index (κ3) is 11.5. The number of hydrogen-bond acceptors (Lipinski definition) is 0. The van der Waals surface area contributed by atoms with Gasteiger partial charge in [0.2, 0.25) is 0 Å². The van der Waals surface area contributed by atoms with E-state index in [4.69, 9.17) is 23.2 Å². The van der Waals surface area contributed by atoms with Gasteiger partial charge in [0.25, 0.3) is 0 Å². The van der Waals surface area contributed by atoms with Crippen molar-refractivity contribution in [2.45, 2.75) is 154 Å². The van der Waals surface area contributed by atoms with Crippen LogP contribution >= 0.6 is 23.2 Å². The smallest absolute Gasteiger partial charge is 0.0810 e. The summed E-state index contributed by atoms with van der Waals surface area (Å²) in [7, 11) is -3.05. The quantitative estimate of drug-likeness (QED) is 0.0871. The molecule has 34 heavy (non-hydrogen) atoms. The molecule has 0 aromatic heterocycles. The van der Waals surface area contributed by atoms with Crippen molar-refractivity contribution in [2.75, 3.05) is 0 Å². The van der Waals surface area contributed by atoms with Crippen molar-refractivity contribution in [1.82, 2.24) is 0 Å². The molecule has 198 valence electrons. The summed E-state index contributed by atoms with van der Waals surface area (Å²) >= 11 is 13.2. The highest BCUT2D eigenvalue weighted by atomic mass is 35.5. The SMILES string of the molecule is CCCCCCCCCC[Si](C)(C)c1cc(CCl)c([Si](C)(C)CCCCCCCC)cc1CCl. The van der Waals surface area contributed by atoms with Crippen LogP contribution in [0.3, 0.4) is 0 Å². The minimum Gasteiger partial charge on any atom is -0.122 e. The fraction of sp³-hybridized carbons (Fsp3) is 0.800. The average molecular weight is 544 g/mol. The zero-order valence-corrected chi connectivity index (χ0v) is 27.2. The van der Waals surface area contributed by atoms with E-state index < -0.39 is 16.1 Å². The van der Waals surface area contributed by atoms with Crippen LogP contribution in [0.4, 0.5) is 0 Å². The van der Waals surface area contributed by atoms with E-state index in [0.717, 1.165) is 0 Å². The van der Waals surface area contributed by atoms with Gasteiger partial charge in [0, 0.05) is 11.8 Å². The lowest BCUT2D eigenvalue weighted by molar-refractivity contribution is 0.584. The molecule has 0 spiro atoms. The number of hydrogen-bond donors (Lipinski definition) is 0. The zero-order valence-electron chi connectivity index (χ0n) is 23.6. The third-order valence-electron chi connectivity index (χ3n) is 7.89. The highest BCUT2D eigenvalue weighted by Gasteiger charge is 2.31. The van der Waals surface area contributed by atoms with E-state index in [-0.39, 0.29) is 0 Å². The highest BCUT2D eigenvalue weighted by molar-refractivity contribution is 6.92. The van der Waals surface area contributed by atoms with Crippen LogP contribution in [0.2, 0.25) is 38.3 Å². The lowest BCUT2D eigenvalue weighted by Gasteiger charge is -2.31. The molecular weight excluding hydrogens is 487 g/mol. The van der Waals surface area contributed by atoms with Crippen molar-refractivity contribution in [3.8, 4) is 0 Å². The second kappa shape index (κ2) is 17.6. The summed E-state index contributed by atoms with van der Waals surface area (Å²) in [5, 5.41) is 3.15. The van der Waals surface area contributed by atoms with E-state index in [1.165, 1.54) is 113 Å². The van der Waals surface area contributed by atoms with Crippen molar-refractivity contribution in [2.24, 2.45) is 0 Å². The average Bonchev–Trinajstić information content (AvgIpc) is 2.82. The van der Waals surface area contributed by atoms with Crippen molar-refractivity contribution in [1.29, 1.82) is 0 Å². The lowest BCUT2D eigenvalue weighted by atomic mass is 10.1. The Balaban J connectivity index is 2.81. The topological polar surface area (TPSA) is 0 Å². The van der Waals surface area contributed by atoms with E-state index in [0.29, 0.717) is 11.8 Å². The van der Waals surface area contributed by atoms with Gasteiger partial charge < -0.3 is 0 Å². The van der Waals surface area contributed by atoms with Crippen LogP contribution in [0.15, 0.2) is 12.1 Å². The Hall–Kier alpha value is 0.234. The standard InChI is InChI=1S/C30H56Cl2Si2/c1-7-9-11-13-15-16-18-20-22-34(5,6)30-24-27(25-31)29(23-28(30)26-32)33(3,4)21-19-17-14-12-10-8-2/h23-24H,7-22,25-26H2,1-6H3. The first-order chi connectivity index (χ1) is 16.2. The van der Waals surface area contributed by atoms with Gasteiger partial charge in [-0.1, -0.05) is 165 Å². The summed E-state index contributed by atoms with van der Waals surface area (Å²) in [6.07, 6.45) is 19.4. The summed E-state index contributed by atoms with van der Waals surface area (Å²) in [6.45, 7) is 14.8. The van der Waals surface area contributed by atoms with E-state index in [1.54, 1.807) is 10.4 Å². The van der Waals surface area contributed by atoms with Crippen LogP contribution in [0.5, 0.6) is 0 Å². The number of rotatable bonds is 20. The molecule has 0 aliphatic rings. The summed E-state index contributed by atoms with van der Waals surface area (Å²) in [4.78, 5) is 0. The van der Waals surface area contributed by atoms with Crippen molar-refractivity contribution < 1.29 is 0 Å². The molecule has 0 unspecified atom stereocenters. The monoisotopic (exact) mass is 542 g/mol. The number of halogens is 2. The second-order valence-corrected chi connectivity index (χ2v) is 22.1. The maximum absolute atomic E-state index is 6.58. The lowest BCUT2D eigenvalue weighted by Crippen LogP contribution is -2.48. The maximum atomic E-state index is 6.58. The molecule has 0 fully saturated rings. The largest absolute Gasteiger partial charge is 0.122 e. The van der Waals surface area contributed by atoms with Gasteiger partial charge in [-0.05, 0) is 11.1 Å². The van der Waals surface area contributed by atoms with E-state index in [9.17, 15) is 0 Å². The first kappa shape index (κ1) is 32.3. The summed E-state index contributed by atoms with van der Waals surface area (Å²) in [5.74, 6) is 1.28. The molecule has 1 aromatic carbocycles. The normalized spacial score (nSPS) is 12.5. The molecule has 1 rings (SSSR count). The fourth-order valence-electron chi connectivity index (χ4n) is 5.49. The maximum Gasteiger partial charge on any atom is 0.0810 e. The van der Waals surface area contributed by atoms with Gasteiger partial charge in [0.15, 0.2) is 0 Å². The third-order valence-corrected chi connectivity index (χ3v) is 15.5. The Morgan fingerprint density at radius 1 is 0.500 bits per heavy atom. The minimum atomic E-state index is -1.53. The first-order valence-corrected chi connectivity index (χ1v) is 22.0. The van der Waals surface area contributed by atoms with Crippen molar-refractivity contribution in [3.63, 3.8) is 0 Å². The highest BCUT2D eigenvalue weighted by Crippen LogP contribution is 2.24. The van der Waals surface area contributed by atoms with Gasteiger partial charge >= 0.3 is 0 Å². The molecule has 0 nitrogen and oxygen atoms in total. The Labute approximate surface area is 226 Å². The molecule has 0 aliphatic carbocycles. The van der Waals surface area contributed by atoms with Gasteiger partial charge in [-0.2, -0.15) is 0 Å². The summed E-state index contributed by atoms with van der Waals surface area (Å²) in [6, 6.07) is 7.74. The van der Waals surface area contributed by atoms with Gasteiger partial charge in [0.05, 0.1) is 16.1 Å². The molecule has 0 atom stereocenters. The molecule has 0 amide bonds. The Morgan fingerprint density at radius 2 is 0.794 bits per heavy atom. The fourth-order valence-corrected chi connectivity index (χ4v) is 12.2.